The summed E-state index contributed by atoms with van der Waals surface area (Å²) >= 11 is 1.60. The van der Waals surface area contributed by atoms with E-state index < -0.39 is 10.8 Å². The average Bonchev–Trinajstić information content (AvgIpc) is 2.55. The lowest BCUT2D eigenvalue weighted by molar-refractivity contribution is 0.586. The maximum atomic E-state index is 10.8. The van der Waals surface area contributed by atoms with Gasteiger partial charge in [0.25, 0.3) is 0 Å². The van der Waals surface area contributed by atoms with Crippen molar-refractivity contribution < 1.29 is 4.21 Å². The molecule has 74 valence electrons. The summed E-state index contributed by atoms with van der Waals surface area (Å²) in [7, 11) is -0.709. The van der Waals surface area contributed by atoms with Crippen molar-refractivity contribution in [3.63, 3.8) is 0 Å². The smallest absolute Gasteiger partial charge is 0.0795 e. The molecule has 0 bridgehead atoms. The van der Waals surface area contributed by atoms with Gasteiger partial charge in [-0.2, -0.15) is 0 Å². The molecule has 0 aliphatic carbocycles. The van der Waals surface area contributed by atoms with Crippen molar-refractivity contribution in [2.75, 3.05) is 18.6 Å². The van der Waals surface area contributed by atoms with Crippen LogP contribution >= 0.6 is 11.3 Å². The monoisotopic (exact) mass is 218 g/mol. The van der Waals surface area contributed by atoms with Gasteiger partial charge in [-0.3, -0.25) is 4.21 Å². The third-order valence-corrected chi connectivity index (χ3v) is 3.12. The van der Waals surface area contributed by atoms with E-state index in [4.69, 9.17) is 0 Å². The van der Waals surface area contributed by atoms with E-state index in [0.29, 0.717) is 5.75 Å². The van der Waals surface area contributed by atoms with Gasteiger partial charge in [0, 0.05) is 40.8 Å². The zero-order chi connectivity index (χ0) is 9.68. The Morgan fingerprint density at radius 2 is 2.54 bits per heavy atom. The van der Waals surface area contributed by atoms with E-state index in [1.807, 2.05) is 10.9 Å². The fourth-order valence-electron chi connectivity index (χ4n) is 0.959. The molecule has 0 saturated heterocycles. The normalized spacial score (nSPS) is 15.5. The molecule has 0 saturated carbocycles. The molecule has 0 radical (unpaired) electrons. The molecule has 0 spiro atoms. The van der Waals surface area contributed by atoms with Gasteiger partial charge in [-0.25, -0.2) is 4.98 Å². The fraction of sp³-hybridized carbons (Fsp3) is 0.625. The highest BCUT2D eigenvalue weighted by atomic mass is 32.2. The first-order chi connectivity index (χ1) is 6.20. The maximum absolute atomic E-state index is 10.8. The SMILES string of the molecule is CC(NCCS(C)=O)c1cscn1. The summed E-state index contributed by atoms with van der Waals surface area (Å²) in [5.41, 5.74) is 2.89. The van der Waals surface area contributed by atoms with E-state index in [1.54, 1.807) is 17.6 Å². The molecular formula is C8H14N2OS2. The molecule has 0 aliphatic heterocycles. The van der Waals surface area contributed by atoms with Crippen LogP contribution in [0.5, 0.6) is 0 Å². The number of hydrogen-bond donors (Lipinski definition) is 1. The van der Waals surface area contributed by atoms with Crippen molar-refractivity contribution in [1.29, 1.82) is 0 Å². The summed E-state index contributed by atoms with van der Waals surface area (Å²) in [5.74, 6) is 0.703. The molecule has 1 heterocycles. The number of nitrogens with one attached hydrogen (secondary N) is 1. The standard InChI is InChI=1S/C8H14N2OS2/c1-7(8-5-12-6-10-8)9-3-4-13(2)11/h5-7,9H,3-4H2,1-2H3. The van der Waals surface area contributed by atoms with Crippen molar-refractivity contribution in [2.24, 2.45) is 0 Å². The van der Waals surface area contributed by atoms with Crippen LogP contribution in [0.15, 0.2) is 10.9 Å². The van der Waals surface area contributed by atoms with E-state index in [1.165, 1.54) is 0 Å². The number of nitrogens with zero attached hydrogens (tertiary/aromatic N) is 1. The molecular weight excluding hydrogens is 204 g/mol. The number of thiazole rings is 1. The van der Waals surface area contributed by atoms with Gasteiger partial charge in [0.1, 0.15) is 0 Å². The molecule has 0 amide bonds. The largest absolute Gasteiger partial charge is 0.308 e. The second kappa shape index (κ2) is 5.47. The van der Waals surface area contributed by atoms with Crippen molar-refractivity contribution in [3.8, 4) is 0 Å². The molecule has 0 aromatic carbocycles. The molecule has 0 aliphatic rings. The fourth-order valence-corrected chi connectivity index (χ4v) is 2.01. The highest BCUT2D eigenvalue weighted by Crippen LogP contribution is 2.10. The molecule has 13 heavy (non-hydrogen) atoms. The van der Waals surface area contributed by atoms with Crippen molar-refractivity contribution in [3.05, 3.63) is 16.6 Å². The number of aromatic nitrogens is 1. The van der Waals surface area contributed by atoms with Gasteiger partial charge in [0.15, 0.2) is 0 Å². The van der Waals surface area contributed by atoms with Crippen LogP contribution in [0.25, 0.3) is 0 Å². The first kappa shape index (κ1) is 10.8. The van der Waals surface area contributed by atoms with Crippen LogP contribution in [0, 0.1) is 0 Å². The van der Waals surface area contributed by atoms with Crippen molar-refractivity contribution >= 4 is 22.1 Å². The quantitative estimate of drug-likeness (QED) is 0.807. The molecule has 2 unspecified atom stereocenters. The molecule has 3 nitrogen and oxygen atoms in total. The predicted octanol–water partition coefficient (Wildman–Crippen LogP) is 1.17. The Hall–Kier alpha value is -0.260. The summed E-state index contributed by atoms with van der Waals surface area (Å²) < 4.78 is 10.8. The van der Waals surface area contributed by atoms with Crippen LogP contribution in [-0.2, 0) is 10.8 Å². The van der Waals surface area contributed by atoms with Gasteiger partial charge in [0.05, 0.1) is 11.2 Å². The Bertz CT molecular complexity index is 261. The molecule has 2 atom stereocenters. The second-order valence-corrected chi connectivity index (χ2v) is 5.14. The van der Waals surface area contributed by atoms with E-state index >= 15 is 0 Å². The van der Waals surface area contributed by atoms with Crippen LogP contribution in [0.2, 0.25) is 0 Å². The summed E-state index contributed by atoms with van der Waals surface area (Å²) in [6, 6.07) is 0.259. The summed E-state index contributed by atoms with van der Waals surface area (Å²) in [6.45, 7) is 2.84. The Kier molecular flexibility index (Phi) is 4.55. The van der Waals surface area contributed by atoms with E-state index in [9.17, 15) is 4.21 Å². The Balaban J connectivity index is 2.26. The summed E-state index contributed by atoms with van der Waals surface area (Å²) in [6.07, 6.45) is 1.72. The van der Waals surface area contributed by atoms with E-state index in [0.717, 1.165) is 12.2 Å². The van der Waals surface area contributed by atoms with Crippen LogP contribution in [0.1, 0.15) is 18.7 Å². The zero-order valence-corrected chi connectivity index (χ0v) is 9.45. The van der Waals surface area contributed by atoms with Gasteiger partial charge in [0.2, 0.25) is 0 Å². The zero-order valence-electron chi connectivity index (χ0n) is 7.82. The predicted molar refractivity (Wildman–Crippen MR) is 57.5 cm³/mol. The molecule has 1 aromatic heterocycles. The van der Waals surface area contributed by atoms with Crippen LogP contribution in [0.4, 0.5) is 0 Å². The van der Waals surface area contributed by atoms with Crippen molar-refractivity contribution in [1.82, 2.24) is 10.3 Å². The first-order valence-electron chi connectivity index (χ1n) is 4.11. The minimum Gasteiger partial charge on any atom is -0.308 e. The lowest BCUT2D eigenvalue weighted by Crippen LogP contribution is -2.23. The van der Waals surface area contributed by atoms with Crippen LogP contribution < -0.4 is 5.32 Å². The maximum Gasteiger partial charge on any atom is 0.0795 e. The Labute approximate surface area is 85.0 Å². The topological polar surface area (TPSA) is 42.0 Å². The average molecular weight is 218 g/mol. The number of rotatable bonds is 5. The Morgan fingerprint density at radius 1 is 1.77 bits per heavy atom. The van der Waals surface area contributed by atoms with Gasteiger partial charge >= 0.3 is 0 Å². The highest BCUT2D eigenvalue weighted by molar-refractivity contribution is 7.84. The lowest BCUT2D eigenvalue weighted by Gasteiger charge is -2.09. The van der Waals surface area contributed by atoms with Gasteiger partial charge in [-0.15, -0.1) is 11.3 Å². The molecule has 1 N–H and O–H groups in total. The molecule has 1 rings (SSSR count). The molecule has 0 fully saturated rings. The highest BCUT2D eigenvalue weighted by Gasteiger charge is 2.05. The third-order valence-electron chi connectivity index (χ3n) is 1.74. The molecule has 1 aromatic rings. The van der Waals surface area contributed by atoms with E-state index in [2.05, 4.69) is 17.2 Å². The van der Waals surface area contributed by atoms with Gasteiger partial charge < -0.3 is 5.32 Å². The summed E-state index contributed by atoms with van der Waals surface area (Å²) in [5, 5.41) is 5.30. The first-order valence-corrected chi connectivity index (χ1v) is 6.78. The number of hydrogen-bond acceptors (Lipinski definition) is 4. The minimum atomic E-state index is -0.709. The lowest BCUT2D eigenvalue weighted by atomic mass is 10.3. The summed E-state index contributed by atoms with van der Waals surface area (Å²) in [4.78, 5) is 4.19. The van der Waals surface area contributed by atoms with Gasteiger partial charge in [-0.05, 0) is 6.92 Å². The molecule has 5 heteroatoms. The second-order valence-electron chi connectivity index (χ2n) is 2.87. The van der Waals surface area contributed by atoms with Crippen LogP contribution in [-0.4, -0.2) is 27.7 Å². The Morgan fingerprint density at radius 3 is 3.08 bits per heavy atom. The minimum absolute atomic E-state index is 0.259. The van der Waals surface area contributed by atoms with E-state index in [-0.39, 0.29) is 6.04 Å². The third kappa shape index (κ3) is 3.97. The van der Waals surface area contributed by atoms with Crippen molar-refractivity contribution in [2.45, 2.75) is 13.0 Å². The van der Waals surface area contributed by atoms with Crippen LogP contribution in [0.3, 0.4) is 0 Å². The van der Waals surface area contributed by atoms with Gasteiger partial charge in [-0.1, -0.05) is 0 Å².